The highest BCUT2D eigenvalue weighted by molar-refractivity contribution is 6.32. The Morgan fingerprint density at radius 1 is 1.09 bits per heavy atom. The second kappa shape index (κ2) is 9.80. The van der Waals surface area contributed by atoms with Crippen LogP contribution in [0.5, 0.6) is 17.2 Å². The molecule has 0 spiro atoms. The van der Waals surface area contributed by atoms with Gasteiger partial charge in [-0.05, 0) is 18.2 Å². The average Bonchev–Trinajstić information content (AvgIpc) is 2.77. The number of hydrogen-bond acceptors (Lipinski definition) is 6. The maximum atomic E-state index is 14.7. The zero-order valence-electron chi connectivity index (χ0n) is 17.8. The number of carbonyl (C=O) groups is 1. The topological polar surface area (TPSA) is 109 Å². The smallest absolute Gasteiger partial charge is 0.431 e. The molecular formula is C21H15ClF4N2O7. The highest BCUT2D eigenvalue weighted by Gasteiger charge is 2.35. The molecular weight excluding hydrogens is 504 g/mol. The molecule has 1 atom stereocenters. The molecule has 3 rings (SSSR count). The van der Waals surface area contributed by atoms with E-state index < -0.39 is 46.9 Å². The summed E-state index contributed by atoms with van der Waals surface area (Å²) in [6.07, 6.45) is -6.70. The van der Waals surface area contributed by atoms with Crippen molar-refractivity contribution in [2.24, 2.45) is 7.05 Å². The third kappa shape index (κ3) is 5.30. The van der Waals surface area contributed by atoms with Gasteiger partial charge in [0.05, 0.1) is 10.7 Å². The van der Waals surface area contributed by atoms with Gasteiger partial charge in [-0.2, -0.15) is 13.2 Å². The number of halogens is 5. The van der Waals surface area contributed by atoms with Gasteiger partial charge in [0.25, 0.3) is 11.8 Å². The first kappa shape index (κ1) is 25.8. The van der Waals surface area contributed by atoms with E-state index in [-0.39, 0.29) is 37.5 Å². The number of ether oxygens (including phenoxy) is 3. The van der Waals surface area contributed by atoms with Crippen LogP contribution in [0.1, 0.15) is 5.69 Å². The van der Waals surface area contributed by atoms with E-state index in [4.69, 9.17) is 30.9 Å². The van der Waals surface area contributed by atoms with E-state index in [2.05, 4.69) is 0 Å². The molecule has 0 saturated carbocycles. The van der Waals surface area contributed by atoms with Gasteiger partial charge in [-0.1, -0.05) is 23.7 Å². The molecule has 1 heterocycles. The summed E-state index contributed by atoms with van der Waals surface area (Å²) in [5, 5.41) is 8.77. The summed E-state index contributed by atoms with van der Waals surface area (Å²) in [5.74, 6) is -3.19. The highest BCUT2D eigenvalue weighted by atomic mass is 35.5. The Morgan fingerprint density at radius 2 is 1.71 bits per heavy atom. The molecule has 2 aromatic carbocycles. The van der Waals surface area contributed by atoms with Gasteiger partial charge in [0.15, 0.2) is 11.5 Å². The van der Waals surface area contributed by atoms with Crippen LogP contribution in [0.2, 0.25) is 5.02 Å². The summed E-state index contributed by atoms with van der Waals surface area (Å²) in [4.78, 5) is 36.1. The van der Waals surface area contributed by atoms with E-state index in [0.29, 0.717) is 6.07 Å². The number of hydrogen-bond donors (Lipinski definition) is 1. The van der Waals surface area contributed by atoms with Crippen molar-refractivity contribution in [1.82, 2.24) is 9.13 Å². The lowest BCUT2D eigenvalue weighted by molar-refractivity contribution is -0.166. The molecule has 0 saturated heterocycles. The van der Waals surface area contributed by atoms with E-state index in [0.717, 1.165) is 20.2 Å². The minimum absolute atomic E-state index is 0.108. The summed E-state index contributed by atoms with van der Waals surface area (Å²) in [5.41, 5.74) is -5.17. The van der Waals surface area contributed by atoms with E-state index in [9.17, 15) is 31.9 Å². The fourth-order valence-electron chi connectivity index (χ4n) is 2.95. The Bertz CT molecular complexity index is 1400. The van der Waals surface area contributed by atoms with Crippen molar-refractivity contribution in [3.63, 3.8) is 0 Å². The third-order valence-corrected chi connectivity index (χ3v) is 4.87. The second-order valence-corrected chi connectivity index (χ2v) is 7.26. The Morgan fingerprint density at radius 3 is 2.29 bits per heavy atom. The fraction of sp³-hybridized carbons (Fsp3) is 0.190. The zero-order valence-corrected chi connectivity index (χ0v) is 18.6. The number of para-hydroxylation sites is 2. The number of methoxy groups -OCH3 is 1. The van der Waals surface area contributed by atoms with Gasteiger partial charge in [-0.25, -0.2) is 18.5 Å². The maximum absolute atomic E-state index is 14.7. The normalized spacial score (nSPS) is 12.3. The number of nitrogens with zero attached hydrogens (tertiary/aromatic N) is 2. The molecule has 14 heteroatoms. The van der Waals surface area contributed by atoms with Crippen molar-refractivity contribution in [2.75, 3.05) is 7.11 Å². The lowest BCUT2D eigenvalue weighted by Crippen LogP contribution is -2.41. The summed E-state index contributed by atoms with van der Waals surface area (Å²) < 4.78 is 69.9. The molecule has 186 valence electrons. The molecule has 1 aromatic heterocycles. The average molecular weight is 519 g/mol. The summed E-state index contributed by atoms with van der Waals surface area (Å²) in [7, 11) is 1.86. The van der Waals surface area contributed by atoms with Gasteiger partial charge in [-0.3, -0.25) is 9.36 Å². The maximum Gasteiger partial charge on any atom is 0.431 e. The first-order valence-corrected chi connectivity index (χ1v) is 9.81. The van der Waals surface area contributed by atoms with Gasteiger partial charge in [0, 0.05) is 26.3 Å². The van der Waals surface area contributed by atoms with Crippen LogP contribution in [0.4, 0.5) is 17.6 Å². The molecule has 1 N–H and O–H groups in total. The molecule has 0 aliphatic heterocycles. The van der Waals surface area contributed by atoms with Crippen LogP contribution >= 0.6 is 11.6 Å². The number of rotatable bonds is 7. The minimum atomic E-state index is -5.00. The predicted molar refractivity (Wildman–Crippen MR) is 113 cm³/mol. The summed E-state index contributed by atoms with van der Waals surface area (Å²) in [6.45, 7) is 0. The summed E-state index contributed by atoms with van der Waals surface area (Å²) >= 11 is 6.03. The Kier molecular flexibility index (Phi) is 7.22. The standard InChI is InChI=1S/C21H15ClF4N2O7/c1-27-16(21(24,25)26)9-17(29)28(20(27)32)12-8-15(10(22)7-11(12)23)34-13-5-3-4-6-14(13)35-19(33-2)18(30)31/h3-9,19H,1-2H3,(H,30,31). The number of benzene rings is 2. The van der Waals surface area contributed by atoms with Gasteiger partial charge >= 0.3 is 17.8 Å². The molecule has 3 aromatic rings. The zero-order chi connectivity index (χ0) is 26.1. The van der Waals surface area contributed by atoms with Gasteiger partial charge in [-0.15, -0.1) is 0 Å². The summed E-state index contributed by atoms with van der Waals surface area (Å²) in [6, 6.07) is 7.31. The van der Waals surface area contributed by atoms with Gasteiger partial charge in [0.1, 0.15) is 17.3 Å². The van der Waals surface area contributed by atoms with Crippen LogP contribution in [0.15, 0.2) is 52.1 Å². The van der Waals surface area contributed by atoms with Crippen molar-refractivity contribution >= 4 is 17.6 Å². The van der Waals surface area contributed by atoms with E-state index in [1.54, 1.807) is 0 Å². The number of carboxylic acids is 1. The van der Waals surface area contributed by atoms with Crippen LogP contribution in [-0.4, -0.2) is 33.6 Å². The van der Waals surface area contributed by atoms with E-state index >= 15 is 0 Å². The Balaban J connectivity index is 2.11. The first-order chi connectivity index (χ1) is 16.3. The lowest BCUT2D eigenvalue weighted by atomic mass is 10.2. The molecule has 35 heavy (non-hydrogen) atoms. The second-order valence-electron chi connectivity index (χ2n) is 6.85. The minimum Gasteiger partial charge on any atom is -0.477 e. The highest BCUT2D eigenvalue weighted by Crippen LogP contribution is 2.37. The van der Waals surface area contributed by atoms with E-state index in [1.807, 2.05) is 0 Å². The number of aliphatic carboxylic acids is 1. The molecule has 0 radical (unpaired) electrons. The SMILES string of the molecule is COC(Oc1ccccc1Oc1cc(-n2c(=O)cc(C(F)(F)F)n(C)c2=O)c(F)cc1Cl)C(=O)O. The molecule has 1 unspecified atom stereocenters. The first-order valence-electron chi connectivity index (χ1n) is 9.44. The molecule has 0 amide bonds. The predicted octanol–water partition coefficient (Wildman–Crippen LogP) is 3.58. The molecule has 0 bridgehead atoms. The van der Waals surface area contributed by atoms with Crippen molar-refractivity contribution in [1.29, 1.82) is 0 Å². The Labute approximate surface area is 198 Å². The van der Waals surface area contributed by atoms with Crippen LogP contribution in [0.3, 0.4) is 0 Å². The molecule has 0 fully saturated rings. The van der Waals surface area contributed by atoms with Crippen molar-refractivity contribution in [2.45, 2.75) is 12.5 Å². The molecule has 0 aliphatic rings. The number of carboxylic acid groups (broad SMARTS) is 1. The van der Waals surface area contributed by atoms with Crippen molar-refractivity contribution < 1.29 is 41.7 Å². The fourth-order valence-corrected chi connectivity index (χ4v) is 3.14. The molecule has 0 aliphatic carbocycles. The quantitative estimate of drug-likeness (QED) is 0.376. The van der Waals surface area contributed by atoms with E-state index in [1.165, 1.54) is 24.3 Å². The van der Waals surface area contributed by atoms with Crippen molar-refractivity contribution in [3.05, 3.63) is 79.8 Å². The third-order valence-electron chi connectivity index (χ3n) is 4.57. The Hall–Kier alpha value is -3.84. The van der Waals surface area contributed by atoms with Crippen LogP contribution in [-0.2, 0) is 22.8 Å². The van der Waals surface area contributed by atoms with Gasteiger partial charge < -0.3 is 19.3 Å². The monoisotopic (exact) mass is 518 g/mol. The van der Waals surface area contributed by atoms with Crippen LogP contribution in [0.25, 0.3) is 5.69 Å². The number of aromatic nitrogens is 2. The largest absolute Gasteiger partial charge is 0.477 e. The number of alkyl halides is 3. The van der Waals surface area contributed by atoms with Crippen LogP contribution in [0, 0.1) is 5.82 Å². The van der Waals surface area contributed by atoms with Crippen LogP contribution < -0.4 is 20.7 Å². The van der Waals surface area contributed by atoms with Gasteiger partial charge in [0.2, 0.25) is 0 Å². The molecule has 9 nitrogen and oxygen atoms in total. The van der Waals surface area contributed by atoms with Crippen molar-refractivity contribution in [3.8, 4) is 22.9 Å². The lowest BCUT2D eigenvalue weighted by Gasteiger charge is -2.18.